The number of ketones is 1. The minimum Gasteiger partial charge on any atom is -0.371 e. The third kappa shape index (κ3) is 2.84. The Morgan fingerprint density at radius 1 is 1.59 bits per heavy atom. The molecule has 5 heteroatoms. The van der Waals surface area contributed by atoms with Crippen LogP contribution in [0.1, 0.15) is 35.8 Å². The van der Waals surface area contributed by atoms with Gasteiger partial charge < -0.3 is 10.2 Å². The monoisotopic (exact) mass is 253 g/mol. The molecule has 0 aromatic carbocycles. The summed E-state index contributed by atoms with van der Waals surface area (Å²) in [5.41, 5.74) is 1.61. The molecular weight excluding hydrogens is 234 g/mol. The van der Waals surface area contributed by atoms with Gasteiger partial charge in [0.25, 0.3) is 0 Å². The van der Waals surface area contributed by atoms with Crippen LogP contribution in [-0.4, -0.2) is 41.2 Å². The number of anilines is 1. The number of likely N-dealkylation sites (N-methyl/N-ethyl adjacent to an activating group) is 1. The van der Waals surface area contributed by atoms with Crippen LogP contribution in [0.4, 0.5) is 5.00 Å². The summed E-state index contributed by atoms with van der Waals surface area (Å²) in [6.45, 7) is 5.70. The lowest BCUT2D eigenvalue weighted by atomic mass is 10.1. The second kappa shape index (κ2) is 5.14. The van der Waals surface area contributed by atoms with Crippen LogP contribution in [0.25, 0.3) is 0 Å². The van der Waals surface area contributed by atoms with Gasteiger partial charge in [0, 0.05) is 12.6 Å². The maximum absolute atomic E-state index is 11.6. The minimum atomic E-state index is 0.0999. The summed E-state index contributed by atoms with van der Waals surface area (Å²) in [5, 5.41) is 4.42. The molecule has 0 bridgehead atoms. The quantitative estimate of drug-likeness (QED) is 0.839. The molecule has 1 saturated heterocycles. The van der Waals surface area contributed by atoms with E-state index in [0.29, 0.717) is 6.04 Å². The average Bonchev–Trinajstić information content (AvgIpc) is 2.59. The van der Waals surface area contributed by atoms with Gasteiger partial charge in [0.05, 0.1) is 11.3 Å². The number of nitrogens with one attached hydrogen (secondary N) is 1. The summed E-state index contributed by atoms with van der Waals surface area (Å²) in [6, 6.07) is 0.437. The van der Waals surface area contributed by atoms with Crippen molar-refractivity contribution in [3.63, 3.8) is 0 Å². The molecule has 0 radical (unpaired) electrons. The number of aromatic nitrogens is 1. The van der Waals surface area contributed by atoms with Crippen LogP contribution in [0.2, 0.25) is 0 Å². The van der Waals surface area contributed by atoms with E-state index in [2.05, 4.69) is 21.6 Å². The first kappa shape index (κ1) is 12.5. The molecule has 0 saturated carbocycles. The number of likely N-dealkylation sites (tertiary alicyclic amines) is 1. The third-order valence-corrected chi connectivity index (χ3v) is 4.04. The number of hydrogen-bond donors (Lipinski definition) is 1. The molecule has 94 valence electrons. The Kier molecular flexibility index (Phi) is 3.79. The summed E-state index contributed by atoms with van der Waals surface area (Å²) >= 11 is 1.40. The van der Waals surface area contributed by atoms with E-state index in [1.165, 1.54) is 30.9 Å². The molecule has 1 aromatic rings. The van der Waals surface area contributed by atoms with Crippen molar-refractivity contribution in [1.29, 1.82) is 0 Å². The second-order valence-corrected chi connectivity index (χ2v) is 5.55. The van der Waals surface area contributed by atoms with Gasteiger partial charge in [-0.3, -0.25) is 4.79 Å². The Morgan fingerprint density at radius 2 is 2.35 bits per heavy atom. The molecule has 1 N–H and O–H groups in total. The second-order valence-electron chi connectivity index (χ2n) is 4.77. The zero-order valence-corrected chi connectivity index (χ0v) is 11.4. The van der Waals surface area contributed by atoms with E-state index < -0.39 is 0 Å². The lowest BCUT2D eigenvalue weighted by Crippen LogP contribution is -2.39. The number of carbonyl (C=O) groups excluding carboxylic acids is 1. The summed E-state index contributed by atoms with van der Waals surface area (Å²) in [5.74, 6) is 0.0999. The highest BCUT2D eigenvalue weighted by molar-refractivity contribution is 7.10. The Hall–Kier alpha value is -0.940. The molecular formula is C12H19N3OS. The van der Waals surface area contributed by atoms with Crippen molar-refractivity contribution in [1.82, 2.24) is 9.27 Å². The normalized spacial score (nSPS) is 21.5. The fourth-order valence-electron chi connectivity index (χ4n) is 2.35. The summed E-state index contributed by atoms with van der Waals surface area (Å²) in [4.78, 5) is 13.9. The summed E-state index contributed by atoms with van der Waals surface area (Å²) in [6.07, 6.45) is 2.37. The van der Waals surface area contributed by atoms with E-state index in [1.807, 2.05) is 6.92 Å². The van der Waals surface area contributed by atoms with Crippen LogP contribution in [0, 0.1) is 6.92 Å². The topological polar surface area (TPSA) is 45.2 Å². The van der Waals surface area contributed by atoms with Crippen molar-refractivity contribution in [3.05, 3.63) is 11.3 Å². The van der Waals surface area contributed by atoms with Crippen molar-refractivity contribution in [2.24, 2.45) is 0 Å². The van der Waals surface area contributed by atoms with Crippen LogP contribution < -0.4 is 5.32 Å². The first-order valence-electron chi connectivity index (χ1n) is 6.00. The molecule has 1 fully saturated rings. The van der Waals surface area contributed by atoms with Gasteiger partial charge in [0.15, 0.2) is 5.78 Å². The molecule has 1 unspecified atom stereocenters. The number of nitrogens with zero attached hydrogens (tertiary/aromatic N) is 2. The van der Waals surface area contributed by atoms with Crippen molar-refractivity contribution in [2.75, 3.05) is 25.5 Å². The molecule has 1 aromatic heterocycles. The fraction of sp³-hybridized carbons (Fsp3) is 0.667. The molecule has 1 atom stereocenters. The maximum Gasteiger partial charge on any atom is 0.164 e. The largest absolute Gasteiger partial charge is 0.371 e. The van der Waals surface area contributed by atoms with Crippen LogP contribution in [0.3, 0.4) is 0 Å². The van der Waals surface area contributed by atoms with E-state index in [0.717, 1.165) is 22.8 Å². The standard InChI is InChI=1S/C12H19N3OS/c1-8-11(9(2)16)12(17-14-8)13-10-5-4-6-15(3)7-10/h10,13H,4-7H2,1-3H3. The highest BCUT2D eigenvalue weighted by Crippen LogP contribution is 2.27. The first-order valence-corrected chi connectivity index (χ1v) is 6.77. The van der Waals surface area contributed by atoms with E-state index in [4.69, 9.17) is 0 Å². The highest BCUT2D eigenvalue weighted by Gasteiger charge is 2.21. The molecule has 0 spiro atoms. The Balaban J connectivity index is 2.10. The van der Waals surface area contributed by atoms with Gasteiger partial charge in [0.2, 0.25) is 0 Å². The van der Waals surface area contributed by atoms with E-state index >= 15 is 0 Å². The lowest BCUT2D eigenvalue weighted by molar-refractivity contribution is 0.101. The maximum atomic E-state index is 11.6. The van der Waals surface area contributed by atoms with E-state index in [1.54, 1.807) is 6.92 Å². The van der Waals surface area contributed by atoms with Gasteiger partial charge in [-0.1, -0.05) is 0 Å². The molecule has 1 aliphatic rings. The van der Waals surface area contributed by atoms with E-state index in [9.17, 15) is 4.79 Å². The number of aryl methyl sites for hydroxylation is 1. The predicted molar refractivity (Wildman–Crippen MR) is 71.0 cm³/mol. The highest BCUT2D eigenvalue weighted by atomic mass is 32.1. The number of piperidine rings is 1. The molecule has 0 amide bonds. The number of rotatable bonds is 3. The van der Waals surface area contributed by atoms with Crippen molar-refractivity contribution in [3.8, 4) is 0 Å². The zero-order chi connectivity index (χ0) is 12.4. The zero-order valence-electron chi connectivity index (χ0n) is 10.6. The predicted octanol–water partition coefficient (Wildman–Crippen LogP) is 2.16. The van der Waals surface area contributed by atoms with Crippen LogP contribution in [0.15, 0.2) is 0 Å². The minimum absolute atomic E-state index is 0.0999. The lowest BCUT2D eigenvalue weighted by Gasteiger charge is -2.30. The van der Waals surface area contributed by atoms with Crippen molar-refractivity contribution < 1.29 is 4.79 Å². The Bertz CT molecular complexity index is 416. The average molecular weight is 253 g/mol. The van der Waals surface area contributed by atoms with Gasteiger partial charge in [-0.15, -0.1) is 0 Å². The summed E-state index contributed by atoms with van der Waals surface area (Å²) in [7, 11) is 2.14. The number of Topliss-reactive ketones (excluding diaryl/α,β-unsaturated/α-hetero) is 1. The van der Waals surface area contributed by atoms with Gasteiger partial charge >= 0.3 is 0 Å². The molecule has 17 heavy (non-hydrogen) atoms. The Morgan fingerprint density at radius 3 is 3.00 bits per heavy atom. The third-order valence-electron chi connectivity index (χ3n) is 3.17. The van der Waals surface area contributed by atoms with Gasteiger partial charge in [-0.2, -0.15) is 4.37 Å². The molecule has 0 aliphatic carbocycles. The van der Waals surface area contributed by atoms with Gasteiger partial charge in [0.1, 0.15) is 5.00 Å². The number of hydrogen-bond acceptors (Lipinski definition) is 5. The fourth-order valence-corrected chi connectivity index (χ4v) is 3.27. The van der Waals surface area contributed by atoms with E-state index in [-0.39, 0.29) is 5.78 Å². The smallest absolute Gasteiger partial charge is 0.164 e. The van der Waals surface area contributed by atoms with Crippen molar-refractivity contribution in [2.45, 2.75) is 32.7 Å². The number of carbonyl (C=O) groups is 1. The molecule has 2 rings (SSSR count). The van der Waals surface area contributed by atoms with Gasteiger partial charge in [-0.05, 0) is 51.8 Å². The summed E-state index contributed by atoms with van der Waals surface area (Å²) < 4.78 is 4.27. The SMILES string of the molecule is CC(=O)c1c(C)nsc1NC1CCCN(C)C1. The first-order chi connectivity index (χ1) is 8.08. The van der Waals surface area contributed by atoms with Crippen LogP contribution in [0.5, 0.6) is 0 Å². The van der Waals surface area contributed by atoms with Crippen LogP contribution in [-0.2, 0) is 0 Å². The molecule has 4 nitrogen and oxygen atoms in total. The Labute approximate surface area is 106 Å². The molecule has 2 heterocycles. The van der Waals surface area contributed by atoms with Gasteiger partial charge in [-0.25, -0.2) is 0 Å². The van der Waals surface area contributed by atoms with Crippen LogP contribution >= 0.6 is 11.5 Å². The van der Waals surface area contributed by atoms with Crippen molar-refractivity contribution >= 4 is 22.3 Å². The molecule has 1 aliphatic heterocycles.